The molecule has 0 aromatic heterocycles. The second-order valence-electron chi connectivity index (χ2n) is 3.08. The lowest BCUT2D eigenvalue weighted by Gasteiger charge is -2.12. The van der Waals surface area contributed by atoms with Gasteiger partial charge < -0.3 is 5.11 Å². The number of Topliss-reactive ketones (excluding diaryl/α,β-unsaturated/α-hetero) is 1. The number of benzene rings is 1. The van der Waals surface area contributed by atoms with Crippen molar-refractivity contribution in [2.45, 2.75) is 6.18 Å². The Morgan fingerprint density at radius 1 is 1.47 bits per heavy atom. The highest BCUT2D eigenvalue weighted by molar-refractivity contribution is 6.30. The molecule has 1 rings (SSSR count). The van der Waals surface area contributed by atoms with Gasteiger partial charge in [-0.1, -0.05) is 0 Å². The topological polar surface area (TPSA) is 61.1 Å². The van der Waals surface area contributed by atoms with E-state index in [1.165, 1.54) is 6.07 Å². The number of ketones is 1. The number of carbonyl (C=O) groups excluding carboxylic acids is 1. The van der Waals surface area contributed by atoms with Crippen LogP contribution < -0.4 is 0 Å². The number of hydrogen-bond acceptors (Lipinski definition) is 3. The van der Waals surface area contributed by atoms with Crippen LogP contribution in [0, 0.1) is 11.3 Å². The van der Waals surface area contributed by atoms with E-state index in [-0.39, 0.29) is 0 Å². The molecule has 0 atom stereocenters. The van der Waals surface area contributed by atoms with E-state index in [0.29, 0.717) is 12.1 Å². The Bertz CT molecular complexity index is 505. The molecule has 1 N–H and O–H groups in total. The van der Waals surface area contributed by atoms with Crippen molar-refractivity contribution in [2.24, 2.45) is 0 Å². The average Bonchev–Trinajstić information content (AvgIpc) is 2.26. The SMILES string of the molecule is N#Cc1cc(C(=O)CCl)c(C(F)(F)F)cc1O. The van der Waals surface area contributed by atoms with E-state index in [1.54, 1.807) is 0 Å². The molecule has 3 nitrogen and oxygen atoms in total. The number of nitrogens with zero attached hydrogens (tertiary/aromatic N) is 1. The second kappa shape index (κ2) is 4.63. The Balaban J connectivity index is 3.54. The molecule has 0 aliphatic heterocycles. The number of halogens is 4. The standard InChI is InChI=1S/C10H5ClF3NO2/c11-3-9(17)6-1-5(4-15)8(16)2-7(6)10(12,13)14/h1-2,16H,3H2. The van der Waals surface area contributed by atoms with Gasteiger partial charge in [0, 0.05) is 5.56 Å². The summed E-state index contributed by atoms with van der Waals surface area (Å²) in [5, 5.41) is 17.7. The second-order valence-corrected chi connectivity index (χ2v) is 3.35. The molecule has 0 amide bonds. The van der Waals surface area contributed by atoms with Gasteiger partial charge in [0.1, 0.15) is 11.8 Å². The van der Waals surface area contributed by atoms with Crippen LogP contribution in [0.1, 0.15) is 21.5 Å². The highest BCUT2D eigenvalue weighted by Crippen LogP contribution is 2.35. The third-order valence-corrected chi connectivity index (χ3v) is 2.23. The van der Waals surface area contributed by atoms with Crippen LogP contribution in [0.5, 0.6) is 5.75 Å². The van der Waals surface area contributed by atoms with E-state index in [1.807, 2.05) is 0 Å². The van der Waals surface area contributed by atoms with Gasteiger partial charge in [-0.25, -0.2) is 0 Å². The summed E-state index contributed by atoms with van der Waals surface area (Å²) in [6, 6.07) is 2.51. The van der Waals surface area contributed by atoms with E-state index in [4.69, 9.17) is 22.0 Å². The summed E-state index contributed by atoms with van der Waals surface area (Å²) in [5.41, 5.74) is -2.44. The van der Waals surface area contributed by atoms with Crippen LogP contribution in [-0.4, -0.2) is 16.8 Å². The molecule has 0 spiro atoms. The first-order valence-corrected chi connectivity index (χ1v) is 4.78. The van der Waals surface area contributed by atoms with E-state index < -0.39 is 40.3 Å². The zero-order valence-corrected chi connectivity index (χ0v) is 8.93. The highest BCUT2D eigenvalue weighted by atomic mass is 35.5. The summed E-state index contributed by atoms with van der Waals surface area (Å²) in [7, 11) is 0. The van der Waals surface area contributed by atoms with Crippen molar-refractivity contribution in [3.05, 3.63) is 28.8 Å². The van der Waals surface area contributed by atoms with E-state index in [0.717, 1.165) is 0 Å². The average molecular weight is 264 g/mol. The van der Waals surface area contributed by atoms with E-state index in [9.17, 15) is 18.0 Å². The number of phenols is 1. The van der Waals surface area contributed by atoms with Crippen LogP contribution in [0.3, 0.4) is 0 Å². The highest BCUT2D eigenvalue weighted by Gasteiger charge is 2.36. The van der Waals surface area contributed by atoms with Gasteiger partial charge in [0.2, 0.25) is 0 Å². The number of hydrogen-bond donors (Lipinski definition) is 1. The molecular weight excluding hydrogens is 259 g/mol. The number of carbonyl (C=O) groups is 1. The van der Waals surface area contributed by atoms with Crippen molar-refractivity contribution >= 4 is 17.4 Å². The molecule has 0 fully saturated rings. The predicted molar refractivity (Wildman–Crippen MR) is 52.9 cm³/mol. The zero-order valence-electron chi connectivity index (χ0n) is 8.18. The monoisotopic (exact) mass is 263 g/mol. The number of alkyl halides is 4. The summed E-state index contributed by atoms with van der Waals surface area (Å²) in [4.78, 5) is 11.2. The molecule has 0 saturated heterocycles. The molecule has 1 aromatic carbocycles. The number of rotatable bonds is 2. The minimum Gasteiger partial charge on any atom is -0.507 e. The van der Waals surface area contributed by atoms with Gasteiger partial charge in [0.25, 0.3) is 0 Å². The maximum atomic E-state index is 12.6. The zero-order chi connectivity index (χ0) is 13.2. The Labute approximate surface area is 99.0 Å². The first-order chi connectivity index (χ1) is 7.81. The minimum absolute atomic E-state index is 0.346. The van der Waals surface area contributed by atoms with Gasteiger partial charge in [-0.15, -0.1) is 11.6 Å². The quantitative estimate of drug-likeness (QED) is 0.659. The number of phenolic OH excluding ortho intramolecular Hbond substituents is 1. The summed E-state index contributed by atoms with van der Waals surface area (Å²) in [6.45, 7) is 0. The summed E-state index contributed by atoms with van der Waals surface area (Å²) in [5.74, 6) is -2.43. The third kappa shape index (κ3) is 2.68. The molecule has 0 aliphatic rings. The van der Waals surface area contributed by atoms with Crippen LogP contribution in [-0.2, 0) is 6.18 Å². The maximum Gasteiger partial charge on any atom is 0.417 e. The summed E-state index contributed by atoms with van der Waals surface area (Å²) < 4.78 is 37.7. The first kappa shape index (κ1) is 13.3. The van der Waals surface area contributed by atoms with Crippen LogP contribution >= 0.6 is 11.6 Å². The molecule has 0 bridgehead atoms. The number of aromatic hydroxyl groups is 1. The lowest BCUT2D eigenvalue weighted by molar-refractivity contribution is -0.138. The number of nitriles is 1. The third-order valence-electron chi connectivity index (χ3n) is 1.98. The van der Waals surface area contributed by atoms with Gasteiger partial charge >= 0.3 is 6.18 Å². The first-order valence-electron chi connectivity index (χ1n) is 4.24. The fourth-order valence-corrected chi connectivity index (χ4v) is 1.36. The Morgan fingerprint density at radius 2 is 2.06 bits per heavy atom. The molecule has 1 aromatic rings. The van der Waals surface area contributed by atoms with Crippen molar-refractivity contribution < 1.29 is 23.1 Å². The van der Waals surface area contributed by atoms with Crippen LogP contribution in [0.15, 0.2) is 12.1 Å². The molecule has 7 heteroatoms. The molecule has 0 radical (unpaired) electrons. The summed E-state index contributed by atoms with van der Waals surface area (Å²) in [6.07, 6.45) is -4.80. The van der Waals surface area contributed by atoms with Crippen molar-refractivity contribution in [1.29, 1.82) is 5.26 Å². The molecule has 0 saturated carbocycles. The molecule has 0 heterocycles. The molecular formula is C10H5ClF3NO2. The molecule has 0 aliphatic carbocycles. The maximum absolute atomic E-state index is 12.6. The molecule has 90 valence electrons. The minimum atomic E-state index is -4.80. The van der Waals surface area contributed by atoms with Crippen molar-refractivity contribution in [3.8, 4) is 11.8 Å². The molecule has 0 unspecified atom stereocenters. The lowest BCUT2D eigenvalue weighted by atomic mass is 10.00. The van der Waals surface area contributed by atoms with Gasteiger partial charge in [0.15, 0.2) is 5.78 Å². The van der Waals surface area contributed by atoms with Crippen molar-refractivity contribution in [2.75, 3.05) is 5.88 Å². The van der Waals surface area contributed by atoms with Gasteiger partial charge in [0.05, 0.1) is 17.0 Å². The normalized spacial score (nSPS) is 11.0. The van der Waals surface area contributed by atoms with Crippen molar-refractivity contribution in [3.63, 3.8) is 0 Å². The summed E-state index contributed by atoms with van der Waals surface area (Å²) >= 11 is 5.18. The van der Waals surface area contributed by atoms with Crippen LogP contribution in [0.25, 0.3) is 0 Å². The van der Waals surface area contributed by atoms with Crippen LogP contribution in [0.2, 0.25) is 0 Å². The van der Waals surface area contributed by atoms with Gasteiger partial charge in [-0.3, -0.25) is 4.79 Å². The van der Waals surface area contributed by atoms with Gasteiger partial charge in [-0.05, 0) is 12.1 Å². The van der Waals surface area contributed by atoms with Crippen LogP contribution in [0.4, 0.5) is 13.2 Å². The Kier molecular flexibility index (Phi) is 3.63. The smallest absolute Gasteiger partial charge is 0.417 e. The van der Waals surface area contributed by atoms with Gasteiger partial charge in [-0.2, -0.15) is 18.4 Å². The van der Waals surface area contributed by atoms with E-state index >= 15 is 0 Å². The molecule has 17 heavy (non-hydrogen) atoms. The fraction of sp³-hybridized carbons (Fsp3) is 0.200. The Hall–Kier alpha value is -1.74. The van der Waals surface area contributed by atoms with Crippen molar-refractivity contribution in [1.82, 2.24) is 0 Å². The Morgan fingerprint density at radius 3 is 2.47 bits per heavy atom. The lowest BCUT2D eigenvalue weighted by Crippen LogP contribution is -2.14. The van der Waals surface area contributed by atoms with E-state index in [2.05, 4.69) is 0 Å². The largest absolute Gasteiger partial charge is 0.507 e. The fourth-order valence-electron chi connectivity index (χ4n) is 1.22. The predicted octanol–water partition coefficient (Wildman–Crippen LogP) is 2.70.